The molecule has 0 spiro atoms. The Kier molecular flexibility index (Phi) is 4.08. The summed E-state index contributed by atoms with van der Waals surface area (Å²) >= 11 is 3.34. The standard InChI is InChI=1S/C17H11BrN2O3/c18-11-4-1-10(2-5-11)3-8-15(21)19-12-6-7-13-14(9-12)17(23)20-16(13)22/h1-9H,(H,19,21)(H,20,22,23)/b8-3+. The van der Waals surface area contributed by atoms with E-state index < -0.39 is 11.8 Å². The summed E-state index contributed by atoms with van der Waals surface area (Å²) < 4.78 is 0.963. The molecule has 2 aromatic carbocycles. The molecule has 0 radical (unpaired) electrons. The summed E-state index contributed by atoms with van der Waals surface area (Å²) in [7, 11) is 0. The molecule has 5 nitrogen and oxygen atoms in total. The molecule has 3 amide bonds. The van der Waals surface area contributed by atoms with Crippen LogP contribution in [0.5, 0.6) is 0 Å². The number of hydrogen-bond acceptors (Lipinski definition) is 3. The molecule has 0 bridgehead atoms. The first-order valence-corrected chi connectivity index (χ1v) is 7.56. The van der Waals surface area contributed by atoms with Gasteiger partial charge in [0, 0.05) is 16.2 Å². The fourth-order valence-corrected chi connectivity index (χ4v) is 2.44. The van der Waals surface area contributed by atoms with Crippen molar-refractivity contribution in [3.8, 4) is 0 Å². The van der Waals surface area contributed by atoms with E-state index in [1.807, 2.05) is 24.3 Å². The van der Waals surface area contributed by atoms with Gasteiger partial charge >= 0.3 is 0 Å². The molecule has 1 heterocycles. The third kappa shape index (κ3) is 3.37. The molecule has 2 N–H and O–H groups in total. The highest BCUT2D eigenvalue weighted by molar-refractivity contribution is 9.10. The Morgan fingerprint density at radius 3 is 2.43 bits per heavy atom. The number of fused-ring (bicyclic) bond motifs is 1. The van der Waals surface area contributed by atoms with E-state index in [0.717, 1.165) is 10.0 Å². The Hall–Kier alpha value is -2.73. The van der Waals surface area contributed by atoms with Gasteiger partial charge in [0.05, 0.1) is 11.1 Å². The van der Waals surface area contributed by atoms with Crippen molar-refractivity contribution in [2.24, 2.45) is 0 Å². The first-order chi connectivity index (χ1) is 11.0. The van der Waals surface area contributed by atoms with Gasteiger partial charge in [-0.3, -0.25) is 19.7 Å². The molecule has 0 aromatic heterocycles. The number of nitrogens with one attached hydrogen (secondary N) is 2. The molecule has 0 saturated carbocycles. The zero-order chi connectivity index (χ0) is 16.4. The van der Waals surface area contributed by atoms with Crippen LogP contribution in [-0.2, 0) is 4.79 Å². The highest BCUT2D eigenvalue weighted by atomic mass is 79.9. The van der Waals surface area contributed by atoms with E-state index >= 15 is 0 Å². The highest BCUT2D eigenvalue weighted by Crippen LogP contribution is 2.20. The Morgan fingerprint density at radius 2 is 1.70 bits per heavy atom. The van der Waals surface area contributed by atoms with Crippen molar-refractivity contribution < 1.29 is 14.4 Å². The monoisotopic (exact) mass is 370 g/mol. The average molecular weight is 371 g/mol. The largest absolute Gasteiger partial charge is 0.322 e. The maximum atomic E-state index is 11.9. The zero-order valence-electron chi connectivity index (χ0n) is 11.8. The number of carbonyl (C=O) groups is 3. The van der Waals surface area contributed by atoms with Gasteiger partial charge in [0.1, 0.15) is 0 Å². The summed E-state index contributed by atoms with van der Waals surface area (Å²) in [5.41, 5.74) is 1.93. The first-order valence-electron chi connectivity index (χ1n) is 6.77. The molecule has 0 saturated heterocycles. The van der Waals surface area contributed by atoms with E-state index in [2.05, 4.69) is 26.6 Å². The molecule has 23 heavy (non-hydrogen) atoms. The van der Waals surface area contributed by atoms with Crippen LogP contribution in [0, 0.1) is 0 Å². The summed E-state index contributed by atoms with van der Waals surface area (Å²) in [4.78, 5) is 35.0. The smallest absolute Gasteiger partial charge is 0.259 e. The molecule has 0 atom stereocenters. The van der Waals surface area contributed by atoms with E-state index in [4.69, 9.17) is 0 Å². The minimum Gasteiger partial charge on any atom is -0.322 e. The van der Waals surface area contributed by atoms with Crippen molar-refractivity contribution in [1.82, 2.24) is 5.32 Å². The molecule has 1 aliphatic rings. The van der Waals surface area contributed by atoms with Gasteiger partial charge < -0.3 is 5.32 Å². The quantitative estimate of drug-likeness (QED) is 0.644. The Balaban J connectivity index is 1.71. The van der Waals surface area contributed by atoms with Gasteiger partial charge in [-0.1, -0.05) is 28.1 Å². The molecule has 0 aliphatic carbocycles. The van der Waals surface area contributed by atoms with Crippen LogP contribution in [0.1, 0.15) is 26.3 Å². The Labute approximate surface area is 140 Å². The van der Waals surface area contributed by atoms with Gasteiger partial charge in [-0.15, -0.1) is 0 Å². The van der Waals surface area contributed by atoms with Crippen molar-refractivity contribution in [3.05, 3.63) is 69.7 Å². The predicted molar refractivity (Wildman–Crippen MR) is 90.0 cm³/mol. The molecule has 114 valence electrons. The summed E-state index contributed by atoms with van der Waals surface area (Å²) in [6.45, 7) is 0. The zero-order valence-corrected chi connectivity index (χ0v) is 13.4. The molecular formula is C17H11BrN2O3. The van der Waals surface area contributed by atoms with E-state index in [9.17, 15) is 14.4 Å². The normalized spacial score (nSPS) is 13.1. The number of anilines is 1. The number of imide groups is 1. The summed E-state index contributed by atoms with van der Waals surface area (Å²) in [6, 6.07) is 12.1. The fraction of sp³-hybridized carbons (Fsp3) is 0. The summed E-state index contributed by atoms with van der Waals surface area (Å²) in [6.07, 6.45) is 3.09. The van der Waals surface area contributed by atoms with Crippen LogP contribution in [0.3, 0.4) is 0 Å². The molecule has 6 heteroatoms. The maximum Gasteiger partial charge on any atom is 0.259 e. The third-order valence-electron chi connectivity index (χ3n) is 3.30. The molecule has 2 aromatic rings. The van der Waals surface area contributed by atoms with Gasteiger partial charge in [0.25, 0.3) is 11.8 Å². The van der Waals surface area contributed by atoms with E-state index in [1.54, 1.807) is 12.1 Å². The number of halogens is 1. The van der Waals surface area contributed by atoms with Gasteiger partial charge in [-0.05, 0) is 42.0 Å². The Bertz CT molecular complexity index is 841. The molecule has 0 fully saturated rings. The second-order valence-electron chi connectivity index (χ2n) is 4.92. The van der Waals surface area contributed by atoms with Crippen LogP contribution in [0.25, 0.3) is 6.08 Å². The average Bonchev–Trinajstić information content (AvgIpc) is 2.81. The lowest BCUT2D eigenvalue weighted by molar-refractivity contribution is -0.111. The van der Waals surface area contributed by atoms with Crippen LogP contribution >= 0.6 is 15.9 Å². The van der Waals surface area contributed by atoms with Gasteiger partial charge in [-0.25, -0.2) is 0 Å². The second-order valence-corrected chi connectivity index (χ2v) is 5.83. The minimum absolute atomic E-state index is 0.268. The van der Waals surface area contributed by atoms with Crippen molar-refractivity contribution in [1.29, 1.82) is 0 Å². The topological polar surface area (TPSA) is 75.3 Å². The van der Waals surface area contributed by atoms with E-state index in [-0.39, 0.29) is 11.5 Å². The summed E-state index contributed by atoms with van der Waals surface area (Å²) in [5.74, 6) is -1.19. The third-order valence-corrected chi connectivity index (χ3v) is 3.83. The number of carbonyl (C=O) groups excluding carboxylic acids is 3. The van der Waals surface area contributed by atoms with Crippen molar-refractivity contribution >= 4 is 45.4 Å². The van der Waals surface area contributed by atoms with E-state index in [1.165, 1.54) is 18.2 Å². The lowest BCUT2D eigenvalue weighted by atomic mass is 10.1. The van der Waals surface area contributed by atoms with Crippen LogP contribution in [0.4, 0.5) is 5.69 Å². The van der Waals surface area contributed by atoms with Gasteiger partial charge in [0.2, 0.25) is 5.91 Å². The van der Waals surface area contributed by atoms with Crippen molar-refractivity contribution in [3.63, 3.8) is 0 Å². The molecule has 1 aliphatic heterocycles. The van der Waals surface area contributed by atoms with Crippen molar-refractivity contribution in [2.45, 2.75) is 0 Å². The minimum atomic E-state index is -0.452. The van der Waals surface area contributed by atoms with Crippen LogP contribution in [-0.4, -0.2) is 17.7 Å². The lowest BCUT2D eigenvalue weighted by Gasteiger charge is -2.03. The number of rotatable bonds is 3. The van der Waals surface area contributed by atoms with Gasteiger partial charge in [0.15, 0.2) is 0 Å². The van der Waals surface area contributed by atoms with E-state index in [0.29, 0.717) is 11.3 Å². The number of benzene rings is 2. The van der Waals surface area contributed by atoms with Crippen LogP contribution in [0.2, 0.25) is 0 Å². The Morgan fingerprint density at radius 1 is 1.00 bits per heavy atom. The maximum absolute atomic E-state index is 11.9. The predicted octanol–water partition coefficient (Wildman–Crippen LogP) is 2.98. The summed E-state index contributed by atoms with van der Waals surface area (Å²) in [5, 5.41) is 4.87. The second kappa shape index (κ2) is 6.18. The van der Waals surface area contributed by atoms with Crippen molar-refractivity contribution in [2.75, 3.05) is 5.32 Å². The van der Waals surface area contributed by atoms with Gasteiger partial charge in [-0.2, -0.15) is 0 Å². The molecular weight excluding hydrogens is 360 g/mol. The van der Waals surface area contributed by atoms with Crippen LogP contribution in [0.15, 0.2) is 53.0 Å². The number of hydrogen-bond donors (Lipinski definition) is 2. The number of amides is 3. The SMILES string of the molecule is O=C(/C=C/c1ccc(Br)cc1)Nc1ccc2c(c1)C(=O)NC2=O. The molecule has 3 rings (SSSR count). The highest BCUT2D eigenvalue weighted by Gasteiger charge is 2.26. The molecule has 0 unspecified atom stereocenters. The lowest BCUT2D eigenvalue weighted by Crippen LogP contribution is -2.19. The first kappa shape index (κ1) is 15.2. The van der Waals surface area contributed by atoms with Crippen LogP contribution < -0.4 is 10.6 Å². The fourth-order valence-electron chi connectivity index (χ4n) is 2.18.